The minimum absolute atomic E-state index is 0.0297. The third-order valence-corrected chi connectivity index (χ3v) is 4.01. The van der Waals surface area contributed by atoms with Crippen molar-refractivity contribution in [2.45, 2.75) is 13.5 Å². The number of aryl methyl sites for hydroxylation is 1. The number of rotatable bonds is 4. The molecule has 0 fully saturated rings. The molecule has 0 spiro atoms. The van der Waals surface area contributed by atoms with Gasteiger partial charge in [-0.3, -0.25) is 4.79 Å². The topological polar surface area (TPSA) is 73.0 Å². The lowest BCUT2D eigenvalue weighted by molar-refractivity contribution is -0.116. The molecule has 0 radical (unpaired) electrons. The molecular formula is C19H15FN4O2. The van der Waals surface area contributed by atoms with E-state index in [1.165, 1.54) is 12.1 Å². The molecule has 0 saturated heterocycles. The molecule has 1 N–H and O–H groups in total. The van der Waals surface area contributed by atoms with Gasteiger partial charge < -0.3 is 14.3 Å². The first kappa shape index (κ1) is 16.0. The van der Waals surface area contributed by atoms with E-state index in [1.807, 2.05) is 24.3 Å². The van der Waals surface area contributed by atoms with E-state index in [-0.39, 0.29) is 18.1 Å². The fraction of sp³-hybridized carbons (Fsp3) is 0.105. The highest BCUT2D eigenvalue weighted by Gasteiger charge is 2.16. The van der Waals surface area contributed by atoms with Crippen molar-refractivity contribution >= 4 is 22.5 Å². The van der Waals surface area contributed by atoms with Gasteiger partial charge in [0.25, 0.3) is 0 Å². The van der Waals surface area contributed by atoms with Crippen molar-refractivity contribution in [3.05, 3.63) is 66.4 Å². The summed E-state index contributed by atoms with van der Waals surface area (Å²) in [5.41, 5.74) is 1.75. The number of anilines is 1. The summed E-state index contributed by atoms with van der Waals surface area (Å²) >= 11 is 0. The van der Waals surface area contributed by atoms with Gasteiger partial charge in [0.05, 0.1) is 11.3 Å². The molecule has 130 valence electrons. The monoisotopic (exact) mass is 350 g/mol. The van der Waals surface area contributed by atoms with Crippen molar-refractivity contribution < 1.29 is 13.6 Å². The molecule has 6 nitrogen and oxygen atoms in total. The summed E-state index contributed by atoms with van der Waals surface area (Å²) in [6, 6.07) is 13.7. The summed E-state index contributed by atoms with van der Waals surface area (Å²) in [6.45, 7) is 1.75. The smallest absolute Gasteiger partial charge is 0.249 e. The van der Waals surface area contributed by atoms with Gasteiger partial charge in [0, 0.05) is 24.0 Å². The first-order valence-corrected chi connectivity index (χ1v) is 8.04. The largest absolute Gasteiger partial charge is 0.421 e. The molecule has 0 saturated carbocycles. The summed E-state index contributed by atoms with van der Waals surface area (Å²) in [7, 11) is 0. The summed E-state index contributed by atoms with van der Waals surface area (Å²) < 4.78 is 21.0. The number of fused-ring (bicyclic) bond motifs is 1. The number of aromatic nitrogens is 3. The average Bonchev–Trinajstić information content (AvgIpc) is 3.21. The van der Waals surface area contributed by atoms with Gasteiger partial charge in [-0.1, -0.05) is 30.3 Å². The van der Waals surface area contributed by atoms with Gasteiger partial charge in [-0.25, -0.2) is 4.39 Å². The van der Waals surface area contributed by atoms with Crippen LogP contribution in [0, 0.1) is 12.7 Å². The highest BCUT2D eigenvalue weighted by atomic mass is 19.1. The lowest BCUT2D eigenvalue weighted by Gasteiger charge is -2.08. The Morgan fingerprint density at radius 3 is 2.69 bits per heavy atom. The highest BCUT2D eigenvalue weighted by Crippen LogP contribution is 2.29. The van der Waals surface area contributed by atoms with E-state index in [9.17, 15) is 9.18 Å². The van der Waals surface area contributed by atoms with Crippen LogP contribution >= 0.6 is 0 Å². The number of amides is 1. The van der Waals surface area contributed by atoms with E-state index in [2.05, 4.69) is 15.5 Å². The van der Waals surface area contributed by atoms with Crippen molar-refractivity contribution in [3.63, 3.8) is 0 Å². The summed E-state index contributed by atoms with van der Waals surface area (Å²) in [5.74, 6) is 0.0606. The number of hydrogen-bond donors (Lipinski definition) is 1. The fourth-order valence-corrected chi connectivity index (χ4v) is 2.86. The standard InChI is InChI=1S/C19H15FN4O2/c1-12-22-23-19(26-12)14-10-24(17-9-5-2-6-13(14)17)11-18(25)21-16-8-4-3-7-15(16)20/h2-10H,11H2,1H3,(H,21,25). The van der Waals surface area contributed by atoms with Gasteiger partial charge >= 0.3 is 0 Å². The molecular weight excluding hydrogens is 335 g/mol. The molecule has 26 heavy (non-hydrogen) atoms. The highest BCUT2D eigenvalue weighted by molar-refractivity contribution is 5.96. The SMILES string of the molecule is Cc1nnc(-c2cn(CC(=O)Nc3ccccc3F)c3ccccc23)o1. The number of hydrogen-bond acceptors (Lipinski definition) is 4. The van der Waals surface area contributed by atoms with Crippen LogP contribution in [-0.2, 0) is 11.3 Å². The molecule has 4 rings (SSSR count). The number of halogens is 1. The van der Waals surface area contributed by atoms with E-state index in [0.717, 1.165) is 16.5 Å². The third-order valence-electron chi connectivity index (χ3n) is 4.01. The van der Waals surface area contributed by atoms with E-state index in [0.29, 0.717) is 11.8 Å². The van der Waals surface area contributed by atoms with Crippen LogP contribution in [0.5, 0.6) is 0 Å². The zero-order chi connectivity index (χ0) is 18.1. The van der Waals surface area contributed by atoms with Crippen LogP contribution < -0.4 is 5.32 Å². The number of benzene rings is 2. The molecule has 0 aliphatic carbocycles. The maximum absolute atomic E-state index is 13.7. The Balaban J connectivity index is 1.66. The van der Waals surface area contributed by atoms with Crippen LogP contribution in [-0.4, -0.2) is 20.7 Å². The van der Waals surface area contributed by atoms with E-state index < -0.39 is 5.82 Å². The van der Waals surface area contributed by atoms with Crippen LogP contribution in [0.1, 0.15) is 5.89 Å². The molecule has 0 aliphatic heterocycles. The van der Waals surface area contributed by atoms with Gasteiger partial charge in [0.15, 0.2) is 0 Å². The van der Waals surface area contributed by atoms with Crippen molar-refractivity contribution in [2.75, 3.05) is 5.32 Å². The van der Waals surface area contributed by atoms with Crippen LogP contribution in [0.3, 0.4) is 0 Å². The Bertz CT molecular complexity index is 1100. The molecule has 4 aromatic rings. The molecule has 0 bridgehead atoms. The quantitative estimate of drug-likeness (QED) is 0.608. The Morgan fingerprint density at radius 2 is 1.92 bits per heavy atom. The zero-order valence-corrected chi connectivity index (χ0v) is 13.9. The van der Waals surface area contributed by atoms with Crippen molar-refractivity contribution in [2.24, 2.45) is 0 Å². The molecule has 0 aliphatic rings. The summed E-state index contributed by atoms with van der Waals surface area (Å²) in [4.78, 5) is 12.4. The predicted octanol–water partition coefficient (Wildman–Crippen LogP) is 3.78. The van der Waals surface area contributed by atoms with Crippen LogP contribution in [0.4, 0.5) is 10.1 Å². The number of carbonyl (C=O) groups excluding carboxylic acids is 1. The number of nitrogens with zero attached hydrogens (tertiary/aromatic N) is 3. The Kier molecular flexibility index (Phi) is 3.96. The Labute approximate surface area is 148 Å². The Hall–Kier alpha value is -3.48. The van der Waals surface area contributed by atoms with Gasteiger partial charge in [0.1, 0.15) is 12.4 Å². The van der Waals surface area contributed by atoms with E-state index >= 15 is 0 Å². The lowest BCUT2D eigenvalue weighted by Crippen LogP contribution is -2.18. The predicted molar refractivity (Wildman–Crippen MR) is 95.0 cm³/mol. The van der Waals surface area contributed by atoms with Gasteiger partial charge in [-0.05, 0) is 18.2 Å². The van der Waals surface area contributed by atoms with Gasteiger partial charge in [-0.15, -0.1) is 10.2 Å². The second-order valence-electron chi connectivity index (χ2n) is 5.84. The summed E-state index contributed by atoms with van der Waals surface area (Å²) in [6.07, 6.45) is 1.79. The number of carbonyl (C=O) groups is 1. The molecule has 1 amide bonds. The maximum Gasteiger partial charge on any atom is 0.249 e. The molecule has 2 aromatic heterocycles. The Morgan fingerprint density at radius 1 is 1.15 bits per heavy atom. The summed E-state index contributed by atoms with van der Waals surface area (Å²) in [5, 5.41) is 11.4. The second-order valence-corrected chi connectivity index (χ2v) is 5.84. The molecule has 0 unspecified atom stereocenters. The normalized spacial score (nSPS) is 11.0. The zero-order valence-electron chi connectivity index (χ0n) is 13.9. The van der Waals surface area contributed by atoms with E-state index in [1.54, 1.807) is 29.8 Å². The lowest BCUT2D eigenvalue weighted by atomic mass is 10.2. The minimum atomic E-state index is -0.472. The first-order chi connectivity index (χ1) is 12.6. The first-order valence-electron chi connectivity index (χ1n) is 8.04. The van der Waals surface area contributed by atoms with E-state index in [4.69, 9.17) is 4.42 Å². The average molecular weight is 350 g/mol. The fourth-order valence-electron chi connectivity index (χ4n) is 2.86. The van der Waals surface area contributed by atoms with Crippen LogP contribution in [0.2, 0.25) is 0 Å². The second kappa shape index (κ2) is 6.44. The van der Waals surface area contributed by atoms with Gasteiger partial charge in [-0.2, -0.15) is 0 Å². The molecule has 2 heterocycles. The van der Waals surface area contributed by atoms with Crippen molar-refractivity contribution in [1.29, 1.82) is 0 Å². The molecule has 2 aromatic carbocycles. The van der Waals surface area contributed by atoms with Crippen molar-refractivity contribution in [1.82, 2.24) is 14.8 Å². The van der Waals surface area contributed by atoms with Gasteiger partial charge in [0.2, 0.25) is 17.7 Å². The molecule has 7 heteroatoms. The number of para-hydroxylation sites is 2. The third kappa shape index (κ3) is 2.95. The van der Waals surface area contributed by atoms with Crippen LogP contribution in [0.15, 0.2) is 59.1 Å². The minimum Gasteiger partial charge on any atom is -0.421 e. The van der Waals surface area contributed by atoms with Crippen LogP contribution in [0.25, 0.3) is 22.4 Å². The maximum atomic E-state index is 13.7. The molecule has 0 atom stereocenters. The number of nitrogens with one attached hydrogen (secondary N) is 1. The van der Waals surface area contributed by atoms with Crippen molar-refractivity contribution in [3.8, 4) is 11.5 Å².